The van der Waals surface area contributed by atoms with Gasteiger partial charge in [-0.15, -0.1) is 0 Å². The quantitative estimate of drug-likeness (QED) is 0.357. The molecule has 1 unspecified atom stereocenters. The van der Waals surface area contributed by atoms with Gasteiger partial charge in [-0.05, 0) is 42.2 Å². The molecule has 1 aromatic carbocycles. The van der Waals surface area contributed by atoms with Crippen molar-refractivity contribution in [3.63, 3.8) is 0 Å². The molecule has 2 heterocycles. The summed E-state index contributed by atoms with van der Waals surface area (Å²) in [6.45, 7) is -0.129. The van der Waals surface area contributed by atoms with E-state index in [0.29, 0.717) is 17.5 Å². The molecule has 4 N–H and O–H groups in total. The molecule has 0 saturated carbocycles. The number of aromatic nitrogens is 2. The Bertz CT molecular complexity index is 1230. The summed E-state index contributed by atoms with van der Waals surface area (Å²) in [7, 11) is 0. The van der Waals surface area contributed by atoms with Crippen LogP contribution in [-0.2, 0) is 6.42 Å². The van der Waals surface area contributed by atoms with Gasteiger partial charge in [0.25, 0.3) is 11.8 Å². The summed E-state index contributed by atoms with van der Waals surface area (Å²) in [5.74, 6) is -3.28. The first-order valence-corrected chi connectivity index (χ1v) is 10.6. The number of fused-ring (bicyclic) bond motifs is 1. The van der Waals surface area contributed by atoms with Crippen molar-refractivity contribution in [2.24, 2.45) is 0 Å². The fraction of sp³-hybridized carbons (Fsp3) is 0.304. The summed E-state index contributed by atoms with van der Waals surface area (Å²) in [6, 6.07) is 6.99. The fourth-order valence-electron chi connectivity index (χ4n) is 3.18. The van der Waals surface area contributed by atoms with Crippen molar-refractivity contribution >= 4 is 22.7 Å². The van der Waals surface area contributed by atoms with Crippen LogP contribution in [0.3, 0.4) is 0 Å². The monoisotopic (exact) mass is 494 g/mol. The highest BCUT2D eigenvalue weighted by atomic mass is 19.4. The molecule has 0 aliphatic rings. The zero-order chi connectivity index (χ0) is 25.8. The number of aliphatic hydroxyl groups excluding tert-OH is 1. The first-order valence-electron chi connectivity index (χ1n) is 10.6. The van der Waals surface area contributed by atoms with Crippen LogP contribution < -0.4 is 10.6 Å². The lowest BCUT2D eigenvalue weighted by Crippen LogP contribution is -2.35. The van der Waals surface area contributed by atoms with Crippen molar-refractivity contribution < 1.29 is 37.4 Å². The minimum Gasteiger partial charge on any atom is -0.504 e. The number of rotatable bonds is 8. The Morgan fingerprint density at radius 3 is 2.34 bits per heavy atom. The van der Waals surface area contributed by atoms with Gasteiger partial charge >= 0.3 is 6.18 Å². The normalized spacial score (nSPS) is 12.4. The lowest BCUT2D eigenvalue weighted by molar-refractivity contribution is -0.123. The number of benzene rings is 1. The highest BCUT2D eigenvalue weighted by molar-refractivity contribution is 6.09. The van der Waals surface area contributed by atoms with Crippen LogP contribution >= 0.6 is 0 Å². The zero-order valence-corrected chi connectivity index (χ0v) is 18.5. The zero-order valence-electron chi connectivity index (χ0n) is 18.5. The van der Waals surface area contributed by atoms with Gasteiger partial charge in [0.05, 0.1) is 6.10 Å². The van der Waals surface area contributed by atoms with Gasteiger partial charge in [-0.3, -0.25) is 14.6 Å². The molecule has 2 amide bonds. The van der Waals surface area contributed by atoms with Gasteiger partial charge in [-0.1, -0.05) is 19.1 Å². The number of nitrogens with zero attached hydrogens (tertiary/aromatic N) is 2. The maximum atomic E-state index is 13.2. The summed E-state index contributed by atoms with van der Waals surface area (Å²) in [4.78, 5) is 33.1. The first-order chi connectivity index (χ1) is 16.5. The van der Waals surface area contributed by atoms with Crippen molar-refractivity contribution in [2.75, 3.05) is 13.1 Å². The SMILES string of the molecule is CCC(O)CNC(=O)c1nc(C(=O)NCC(F)(F)F)c2cc(Cc3ccc(F)cc3)cnc2c1O. The number of pyridine rings is 2. The van der Waals surface area contributed by atoms with E-state index in [9.17, 15) is 37.4 Å². The molecule has 1 atom stereocenters. The minimum absolute atomic E-state index is 0.0769. The van der Waals surface area contributed by atoms with Gasteiger partial charge in [-0.25, -0.2) is 9.37 Å². The van der Waals surface area contributed by atoms with Crippen LogP contribution in [0, 0.1) is 5.82 Å². The van der Waals surface area contributed by atoms with Crippen LogP contribution in [0.5, 0.6) is 5.75 Å². The van der Waals surface area contributed by atoms with E-state index in [0.717, 1.165) is 0 Å². The smallest absolute Gasteiger partial charge is 0.405 e. The molecule has 35 heavy (non-hydrogen) atoms. The average Bonchev–Trinajstić information content (AvgIpc) is 2.82. The lowest BCUT2D eigenvalue weighted by atomic mass is 10.0. The molecule has 3 rings (SSSR count). The van der Waals surface area contributed by atoms with Crippen molar-refractivity contribution in [1.29, 1.82) is 0 Å². The van der Waals surface area contributed by atoms with Gasteiger partial charge in [0.2, 0.25) is 0 Å². The number of aliphatic hydroxyl groups is 1. The molecule has 0 bridgehead atoms. The second-order valence-corrected chi connectivity index (χ2v) is 7.77. The Balaban J connectivity index is 2.05. The van der Waals surface area contributed by atoms with Crippen molar-refractivity contribution in [1.82, 2.24) is 20.6 Å². The van der Waals surface area contributed by atoms with E-state index in [1.54, 1.807) is 12.2 Å². The molecule has 0 aliphatic carbocycles. The van der Waals surface area contributed by atoms with E-state index in [1.165, 1.54) is 36.5 Å². The standard InChI is InChI=1S/C23H22F4N4O4/c1-2-15(32)10-29-22(35)19-20(33)17-16(18(31-19)21(34)30-11-23(25,26)27)8-13(9-28-17)7-12-3-5-14(24)6-4-12/h3-6,8-9,15,32-33H,2,7,10-11H2,1H3,(H,29,35)(H,30,34). The van der Waals surface area contributed by atoms with Crippen molar-refractivity contribution in [3.8, 4) is 5.75 Å². The molecule has 0 aliphatic heterocycles. The Hall–Kier alpha value is -3.80. The van der Waals surface area contributed by atoms with E-state index < -0.39 is 53.6 Å². The van der Waals surface area contributed by atoms with Crippen LogP contribution in [0.1, 0.15) is 45.4 Å². The second-order valence-electron chi connectivity index (χ2n) is 7.77. The number of hydrogen-bond acceptors (Lipinski definition) is 6. The van der Waals surface area contributed by atoms with E-state index in [-0.39, 0.29) is 23.9 Å². The van der Waals surface area contributed by atoms with Gasteiger partial charge in [0.1, 0.15) is 23.6 Å². The number of carbonyl (C=O) groups excluding carboxylic acids is 2. The summed E-state index contributed by atoms with van der Waals surface area (Å²) < 4.78 is 51.2. The lowest BCUT2D eigenvalue weighted by Gasteiger charge is -2.14. The molecule has 0 spiro atoms. The van der Waals surface area contributed by atoms with Gasteiger partial charge < -0.3 is 20.8 Å². The Kier molecular flexibility index (Phi) is 7.85. The third-order valence-corrected chi connectivity index (χ3v) is 5.04. The number of carbonyl (C=O) groups is 2. The number of amides is 2. The molecule has 8 nitrogen and oxygen atoms in total. The van der Waals surface area contributed by atoms with Crippen molar-refractivity contribution in [3.05, 3.63) is 64.9 Å². The van der Waals surface area contributed by atoms with Crippen LogP contribution in [0.25, 0.3) is 10.9 Å². The number of nitrogens with one attached hydrogen (secondary N) is 2. The number of alkyl halides is 3. The topological polar surface area (TPSA) is 124 Å². The third kappa shape index (κ3) is 6.63. The van der Waals surface area contributed by atoms with E-state index in [2.05, 4.69) is 15.3 Å². The summed E-state index contributed by atoms with van der Waals surface area (Å²) >= 11 is 0. The van der Waals surface area contributed by atoms with E-state index in [4.69, 9.17) is 0 Å². The maximum absolute atomic E-state index is 13.2. The van der Waals surface area contributed by atoms with Crippen LogP contribution in [0.15, 0.2) is 36.5 Å². The average molecular weight is 494 g/mol. The number of halogens is 4. The predicted molar refractivity (Wildman–Crippen MR) is 117 cm³/mol. The molecule has 186 valence electrons. The molecule has 12 heteroatoms. The van der Waals surface area contributed by atoms with Gasteiger partial charge in [-0.2, -0.15) is 13.2 Å². The Morgan fingerprint density at radius 1 is 1.06 bits per heavy atom. The summed E-state index contributed by atoms with van der Waals surface area (Å²) in [6.07, 6.45) is -3.63. The van der Waals surface area contributed by atoms with Crippen LogP contribution in [0.4, 0.5) is 17.6 Å². The summed E-state index contributed by atoms with van der Waals surface area (Å²) in [5, 5.41) is 24.2. The molecule has 3 aromatic rings. The first kappa shape index (κ1) is 25.8. The van der Waals surface area contributed by atoms with Gasteiger partial charge in [0, 0.05) is 18.1 Å². The maximum Gasteiger partial charge on any atom is 0.405 e. The molecule has 0 saturated heterocycles. The molecular weight excluding hydrogens is 472 g/mol. The molecule has 0 radical (unpaired) electrons. The van der Waals surface area contributed by atoms with E-state index in [1.807, 2.05) is 0 Å². The number of hydrogen-bond donors (Lipinski definition) is 4. The summed E-state index contributed by atoms with van der Waals surface area (Å²) in [5.41, 5.74) is -0.202. The molecular formula is C23H22F4N4O4. The molecule has 0 fully saturated rings. The highest BCUT2D eigenvalue weighted by Crippen LogP contribution is 2.29. The minimum atomic E-state index is -4.69. The fourth-order valence-corrected chi connectivity index (χ4v) is 3.18. The van der Waals surface area contributed by atoms with Gasteiger partial charge in [0.15, 0.2) is 11.4 Å². The largest absolute Gasteiger partial charge is 0.504 e. The van der Waals surface area contributed by atoms with E-state index >= 15 is 0 Å². The Labute approximate surface area is 197 Å². The Morgan fingerprint density at radius 2 is 1.71 bits per heavy atom. The molecule has 2 aromatic heterocycles. The van der Waals surface area contributed by atoms with Crippen molar-refractivity contribution in [2.45, 2.75) is 32.0 Å². The second kappa shape index (κ2) is 10.6. The van der Waals surface area contributed by atoms with Crippen LogP contribution in [-0.4, -0.2) is 57.4 Å². The highest BCUT2D eigenvalue weighted by Gasteiger charge is 2.30. The third-order valence-electron chi connectivity index (χ3n) is 5.04. The number of aromatic hydroxyl groups is 1. The van der Waals surface area contributed by atoms with Crippen LogP contribution in [0.2, 0.25) is 0 Å². The predicted octanol–water partition coefficient (Wildman–Crippen LogP) is 2.86.